The molecule has 1 aliphatic carbocycles. The van der Waals surface area contributed by atoms with Crippen molar-refractivity contribution < 1.29 is 22.9 Å². The number of halogens is 2. The number of anilines is 2. The molecule has 0 saturated heterocycles. The minimum absolute atomic E-state index is 0.00674. The molecule has 0 unspecified atom stereocenters. The van der Waals surface area contributed by atoms with Gasteiger partial charge in [0.1, 0.15) is 17.3 Å². The van der Waals surface area contributed by atoms with E-state index in [0.717, 1.165) is 18.9 Å². The Labute approximate surface area is 158 Å². The average Bonchev–Trinajstić information content (AvgIpc) is 3.41. The number of aromatic nitrogens is 1. The van der Waals surface area contributed by atoms with Crippen molar-refractivity contribution >= 4 is 23.2 Å². The minimum Gasteiger partial charge on any atom is -0.350 e. The fourth-order valence-corrected chi connectivity index (χ4v) is 2.64. The lowest BCUT2D eigenvalue weighted by Gasteiger charge is -2.09. The van der Waals surface area contributed by atoms with Crippen LogP contribution in [0.15, 0.2) is 53.1 Å². The summed E-state index contributed by atoms with van der Waals surface area (Å²) in [4.78, 5) is 24.2. The molecule has 0 aliphatic heterocycles. The third-order valence-corrected chi connectivity index (χ3v) is 4.28. The first-order chi connectivity index (χ1) is 13.5. The van der Waals surface area contributed by atoms with Crippen LogP contribution in [0.2, 0.25) is 0 Å². The van der Waals surface area contributed by atoms with Gasteiger partial charge in [0.15, 0.2) is 0 Å². The summed E-state index contributed by atoms with van der Waals surface area (Å²) in [5, 5.41) is 8.84. The molecule has 28 heavy (non-hydrogen) atoms. The van der Waals surface area contributed by atoms with Gasteiger partial charge in [0.05, 0.1) is 5.69 Å². The van der Waals surface area contributed by atoms with Gasteiger partial charge in [-0.25, -0.2) is 8.78 Å². The molecule has 1 fully saturated rings. The van der Waals surface area contributed by atoms with Gasteiger partial charge in [0.25, 0.3) is 5.91 Å². The highest BCUT2D eigenvalue weighted by molar-refractivity contribution is 6.03. The van der Waals surface area contributed by atoms with Crippen LogP contribution in [0.5, 0.6) is 0 Å². The predicted molar refractivity (Wildman–Crippen MR) is 97.6 cm³/mol. The first-order valence-electron chi connectivity index (χ1n) is 8.64. The monoisotopic (exact) mass is 383 g/mol. The van der Waals surface area contributed by atoms with Crippen LogP contribution in [0.3, 0.4) is 0 Å². The van der Waals surface area contributed by atoms with Crippen molar-refractivity contribution in [3.8, 4) is 11.3 Å². The highest BCUT2D eigenvalue weighted by Crippen LogP contribution is 2.31. The first-order valence-corrected chi connectivity index (χ1v) is 8.64. The highest BCUT2D eigenvalue weighted by Gasteiger charge is 2.30. The maximum absolute atomic E-state index is 13.9. The standard InChI is InChI=1S/C20H15F2N3O3/c21-13-3-1-2-12(8-13)16-10-18(28-25-16)20(27)23-14-6-7-15(22)17(9-14)24-19(26)11-4-5-11/h1-3,6-11H,4-5H2,(H,23,27)(H,24,26). The lowest BCUT2D eigenvalue weighted by atomic mass is 10.1. The summed E-state index contributed by atoms with van der Waals surface area (Å²) in [6, 6.07) is 11.0. The molecule has 0 bridgehead atoms. The fourth-order valence-electron chi connectivity index (χ4n) is 2.64. The number of amides is 2. The van der Waals surface area contributed by atoms with Crippen molar-refractivity contribution in [2.45, 2.75) is 12.8 Å². The number of hydrogen-bond donors (Lipinski definition) is 2. The van der Waals surface area contributed by atoms with Gasteiger partial charge in [0, 0.05) is 23.2 Å². The SMILES string of the molecule is O=C(Nc1ccc(F)c(NC(=O)C2CC2)c1)c1cc(-c2cccc(F)c2)no1. The van der Waals surface area contributed by atoms with Crippen molar-refractivity contribution in [3.05, 3.63) is 65.9 Å². The second kappa shape index (κ2) is 7.22. The molecule has 142 valence electrons. The molecular weight excluding hydrogens is 368 g/mol. The van der Waals surface area contributed by atoms with E-state index in [1.54, 1.807) is 6.07 Å². The van der Waals surface area contributed by atoms with Crippen molar-refractivity contribution in [2.75, 3.05) is 10.6 Å². The number of carbonyl (C=O) groups excluding carboxylic acids is 2. The number of hydrogen-bond acceptors (Lipinski definition) is 4. The summed E-state index contributed by atoms with van der Waals surface area (Å²) in [7, 11) is 0. The van der Waals surface area contributed by atoms with Gasteiger partial charge in [-0.05, 0) is 43.2 Å². The summed E-state index contributed by atoms with van der Waals surface area (Å²) in [5.74, 6) is -2.04. The Kier molecular flexibility index (Phi) is 4.60. The van der Waals surface area contributed by atoms with Gasteiger partial charge < -0.3 is 15.2 Å². The zero-order valence-electron chi connectivity index (χ0n) is 14.5. The molecule has 6 nitrogen and oxygen atoms in total. The Morgan fingerprint density at radius 1 is 1.04 bits per heavy atom. The van der Waals surface area contributed by atoms with Gasteiger partial charge >= 0.3 is 0 Å². The molecule has 2 N–H and O–H groups in total. The van der Waals surface area contributed by atoms with Crippen molar-refractivity contribution in [3.63, 3.8) is 0 Å². The number of rotatable bonds is 5. The van der Waals surface area contributed by atoms with Crippen LogP contribution in [0, 0.1) is 17.6 Å². The molecule has 0 spiro atoms. The summed E-state index contributed by atoms with van der Waals surface area (Å²) in [6.07, 6.45) is 1.59. The maximum Gasteiger partial charge on any atom is 0.294 e. The van der Waals surface area contributed by atoms with E-state index in [1.807, 2.05) is 0 Å². The number of carbonyl (C=O) groups is 2. The number of nitrogens with one attached hydrogen (secondary N) is 2. The predicted octanol–water partition coefficient (Wildman–Crippen LogP) is 4.22. The van der Waals surface area contributed by atoms with E-state index < -0.39 is 17.5 Å². The molecule has 3 aromatic rings. The largest absolute Gasteiger partial charge is 0.350 e. The Hall–Kier alpha value is -3.55. The van der Waals surface area contributed by atoms with Crippen LogP contribution in [-0.4, -0.2) is 17.0 Å². The highest BCUT2D eigenvalue weighted by atomic mass is 19.1. The average molecular weight is 383 g/mol. The van der Waals surface area contributed by atoms with E-state index in [2.05, 4.69) is 15.8 Å². The van der Waals surface area contributed by atoms with Gasteiger partial charge in [-0.3, -0.25) is 9.59 Å². The van der Waals surface area contributed by atoms with Gasteiger partial charge in [-0.15, -0.1) is 0 Å². The summed E-state index contributed by atoms with van der Waals surface area (Å²) in [5.41, 5.74) is 1.05. The second-order valence-corrected chi connectivity index (χ2v) is 6.50. The Bertz CT molecular complexity index is 1060. The molecule has 1 saturated carbocycles. The molecule has 8 heteroatoms. The van der Waals surface area contributed by atoms with Crippen LogP contribution >= 0.6 is 0 Å². The molecule has 2 aromatic carbocycles. The summed E-state index contributed by atoms with van der Waals surface area (Å²) in [6.45, 7) is 0. The molecule has 0 radical (unpaired) electrons. The van der Waals surface area contributed by atoms with Crippen LogP contribution in [0.4, 0.5) is 20.2 Å². The van der Waals surface area contributed by atoms with Crippen LogP contribution in [0.25, 0.3) is 11.3 Å². The Morgan fingerprint density at radius 3 is 2.61 bits per heavy atom. The lowest BCUT2D eigenvalue weighted by molar-refractivity contribution is -0.117. The summed E-state index contributed by atoms with van der Waals surface area (Å²) >= 11 is 0. The Balaban J connectivity index is 1.48. The van der Waals surface area contributed by atoms with Gasteiger partial charge in [0.2, 0.25) is 11.7 Å². The lowest BCUT2D eigenvalue weighted by Crippen LogP contribution is -2.15. The zero-order chi connectivity index (χ0) is 19.7. The van der Waals surface area contributed by atoms with Crippen LogP contribution in [0.1, 0.15) is 23.4 Å². The second-order valence-electron chi connectivity index (χ2n) is 6.50. The zero-order valence-corrected chi connectivity index (χ0v) is 14.5. The quantitative estimate of drug-likeness (QED) is 0.691. The molecular formula is C20H15F2N3O3. The van der Waals surface area contributed by atoms with Crippen molar-refractivity contribution in [2.24, 2.45) is 5.92 Å². The first kappa shape index (κ1) is 17.8. The molecule has 1 heterocycles. The summed E-state index contributed by atoms with van der Waals surface area (Å²) < 4.78 is 32.3. The fraction of sp³-hybridized carbons (Fsp3) is 0.150. The van der Waals surface area contributed by atoms with Crippen LogP contribution < -0.4 is 10.6 Å². The van der Waals surface area contributed by atoms with E-state index in [4.69, 9.17) is 4.52 Å². The van der Waals surface area contributed by atoms with E-state index in [0.29, 0.717) is 11.3 Å². The molecule has 2 amide bonds. The van der Waals surface area contributed by atoms with E-state index in [9.17, 15) is 18.4 Å². The van der Waals surface area contributed by atoms with Crippen molar-refractivity contribution in [1.29, 1.82) is 0 Å². The molecule has 1 aromatic heterocycles. The van der Waals surface area contributed by atoms with Gasteiger partial charge in [-0.1, -0.05) is 17.3 Å². The van der Waals surface area contributed by atoms with Crippen molar-refractivity contribution in [1.82, 2.24) is 5.16 Å². The number of benzene rings is 2. The third kappa shape index (κ3) is 3.90. The molecule has 4 rings (SSSR count). The van der Waals surface area contributed by atoms with E-state index in [-0.39, 0.29) is 29.0 Å². The van der Waals surface area contributed by atoms with E-state index in [1.165, 1.54) is 36.4 Å². The topological polar surface area (TPSA) is 84.2 Å². The number of nitrogens with zero attached hydrogens (tertiary/aromatic N) is 1. The van der Waals surface area contributed by atoms with Crippen LogP contribution in [-0.2, 0) is 4.79 Å². The Morgan fingerprint density at radius 2 is 1.86 bits per heavy atom. The normalized spacial score (nSPS) is 13.2. The minimum atomic E-state index is -0.610. The third-order valence-electron chi connectivity index (χ3n) is 4.28. The van der Waals surface area contributed by atoms with E-state index >= 15 is 0 Å². The maximum atomic E-state index is 13.9. The molecule has 0 atom stereocenters. The van der Waals surface area contributed by atoms with Gasteiger partial charge in [-0.2, -0.15) is 0 Å². The molecule has 1 aliphatic rings. The smallest absolute Gasteiger partial charge is 0.294 e.